The Bertz CT molecular complexity index is 1010. The average molecular weight is 471 g/mol. The van der Waals surface area contributed by atoms with Crippen molar-refractivity contribution in [3.05, 3.63) is 81.1 Å². The van der Waals surface area contributed by atoms with Gasteiger partial charge in [0.15, 0.2) is 0 Å². The molecule has 0 radical (unpaired) electrons. The molecule has 0 spiro atoms. The lowest BCUT2D eigenvalue weighted by Crippen LogP contribution is -2.42. The first-order chi connectivity index (χ1) is 14.5. The van der Waals surface area contributed by atoms with Crippen LogP contribution < -0.4 is 4.74 Å². The van der Waals surface area contributed by atoms with Gasteiger partial charge in [-0.3, -0.25) is 4.79 Å². The monoisotopic (exact) mass is 470 g/mol. The van der Waals surface area contributed by atoms with Crippen molar-refractivity contribution in [3.63, 3.8) is 0 Å². The molecule has 0 N–H and O–H groups in total. The maximum atomic E-state index is 13.3. The molecule has 4 rings (SSSR count). The fourth-order valence-corrected chi connectivity index (χ4v) is 3.77. The lowest BCUT2D eigenvalue weighted by Gasteiger charge is -2.33. The van der Waals surface area contributed by atoms with Crippen molar-refractivity contribution >= 4 is 21.8 Å². The number of para-hydroxylation sites is 1. The molecule has 1 aliphatic heterocycles. The molecular formula is C23H23BrN2O4. The minimum atomic E-state index is -0.147. The number of amides is 1. The third kappa shape index (κ3) is 4.42. The molecule has 30 heavy (non-hydrogen) atoms. The summed E-state index contributed by atoms with van der Waals surface area (Å²) in [6.07, 6.45) is -0.147. The molecule has 0 aliphatic carbocycles. The number of aromatic nitrogens is 1. The van der Waals surface area contributed by atoms with Crippen molar-refractivity contribution in [2.75, 3.05) is 19.7 Å². The second-order valence-electron chi connectivity index (χ2n) is 7.25. The summed E-state index contributed by atoms with van der Waals surface area (Å²) < 4.78 is 18.1. The van der Waals surface area contributed by atoms with Crippen LogP contribution in [0.2, 0.25) is 0 Å². The van der Waals surface area contributed by atoms with Crippen LogP contribution >= 0.6 is 15.9 Å². The van der Waals surface area contributed by atoms with Crippen molar-refractivity contribution in [3.8, 4) is 5.75 Å². The fraction of sp³-hybridized carbons (Fsp3) is 0.304. The van der Waals surface area contributed by atoms with Gasteiger partial charge >= 0.3 is 0 Å². The summed E-state index contributed by atoms with van der Waals surface area (Å²) in [7, 11) is 0. The number of benzene rings is 2. The molecule has 1 atom stereocenters. The van der Waals surface area contributed by atoms with E-state index < -0.39 is 0 Å². The topological polar surface area (TPSA) is 64.8 Å². The van der Waals surface area contributed by atoms with Gasteiger partial charge in [-0.25, -0.2) is 0 Å². The Labute approximate surface area is 183 Å². The Morgan fingerprint density at radius 2 is 1.97 bits per heavy atom. The minimum Gasteiger partial charge on any atom is -0.488 e. The number of ether oxygens (including phenoxy) is 2. The number of carbonyl (C=O) groups is 1. The maximum Gasteiger partial charge on any atom is 0.257 e. The van der Waals surface area contributed by atoms with Gasteiger partial charge in [0.05, 0.1) is 30.0 Å². The number of carbonyl (C=O) groups excluding carboxylic acids is 1. The highest BCUT2D eigenvalue weighted by Gasteiger charge is 2.27. The van der Waals surface area contributed by atoms with Gasteiger partial charge in [-0.15, -0.1) is 0 Å². The standard InChI is InChI=1S/C23H23BrN2O4/c1-15-20(16(2)30-25-15)14-29-21-6-4-3-5-19(21)23(27)26-11-12-28-22(13-26)17-7-9-18(24)10-8-17/h3-10,22H,11-14H2,1-2H3. The van der Waals surface area contributed by atoms with Crippen molar-refractivity contribution in [2.45, 2.75) is 26.6 Å². The number of halogens is 1. The Hall–Kier alpha value is -2.64. The normalized spacial score (nSPS) is 16.5. The lowest BCUT2D eigenvalue weighted by atomic mass is 10.1. The maximum absolute atomic E-state index is 13.3. The zero-order valence-corrected chi connectivity index (χ0v) is 18.5. The quantitative estimate of drug-likeness (QED) is 0.533. The van der Waals surface area contributed by atoms with Gasteiger partial charge in [-0.05, 0) is 43.7 Å². The number of nitrogens with zero attached hydrogens (tertiary/aromatic N) is 2. The predicted octanol–water partition coefficient (Wildman–Crippen LogP) is 4.85. The van der Waals surface area contributed by atoms with Crippen LogP contribution in [0, 0.1) is 13.8 Å². The van der Waals surface area contributed by atoms with Gasteiger partial charge in [0.1, 0.15) is 24.2 Å². The summed E-state index contributed by atoms with van der Waals surface area (Å²) in [5.74, 6) is 1.21. The van der Waals surface area contributed by atoms with Crippen LogP contribution in [0.25, 0.3) is 0 Å². The Balaban J connectivity index is 1.49. The van der Waals surface area contributed by atoms with Crippen LogP contribution in [-0.2, 0) is 11.3 Å². The molecule has 1 saturated heterocycles. The lowest BCUT2D eigenvalue weighted by molar-refractivity contribution is -0.0229. The Morgan fingerprint density at radius 1 is 1.20 bits per heavy atom. The van der Waals surface area contributed by atoms with Crippen molar-refractivity contribution in [1.29, 1.82) is 0 Å². The highest BCUT2D eigenvalue weighted by molar-refractivity contribution is 9.10. The summed E-state index contributed by atoms with van der Waals surface area (Å²) >= 11 is 3.45. The van der Waals surface area contributed by atoms with E-state index in [0.717, 1.165) is 27.1 Å². The highest BCUT2D eigenvalue weighted by Crippen LogP contribution is 2.27. The average Bonchev–Trinajstić information content (AvgIpc) is 3.10. The number of hydrogen-bond acceptors (Lipinski definition) is 5. The molecule has 1 aromatic heterocycles. The highest BCUT2D eigenvalue weighted by atomic mass is 79.9. The van der Waals surface area contributed by atoms with Crippen LogP contribution in [0.3, 0.4) is 0 Å². The molecule has 1 fully saturated rings. The van der Waals surface area contributed by atoms with Gasteiger partial charge in [0.2, 0.25) is 0 Å². The van der Waals surface area contributed by atoms with Crippen molar-refractivity contribution in [2.24, 2.45) is 0 Å². The molecule has 7 heteroatoms. The first kappa shape index (κ1) is 20.6. The molecule has 3 aromatic rings. The van der Waals surface area contributed by atoms with E-state index in [2.05, 4.69) is 21.1 Å². The number of hydrogen-bond donors (Lipinski definition) is 0. The molecule has 1 aliphatic rings. The van der Waals surface area contributed by atoms with E-state index in [0.29, 0.717) is 37.6 Å². The van der Waals surface area contributed by atoms with E-state index in [-0.39, 0.29) is 12.0 Å². The second-order valence-corrected chi connectivity index (χ2v) is 8.17. The molecule has 156 valence electrons. The van der Waals surface area contributed by atoms with Crippen LogP contribution in [-0.4, -0.2) is 35.7 Å². The van der Waals surface area contributed by atoms with Gasteiger partial charge < -0.3 is 18.9 Å². The van der Waals surface area contributed by atoms with Crippen LogP contribution in [0.5, 0.6) is 5.75 Å². The fourth-order valence-electron chi connectivity index (χ4n) is 3.51. The Kier molecular flexibility index (Phi) is 6.20. The molecule has 0 bridgehead atoms. The summed E-state index contributed by atoms with van der Waals surface area (Å²) in [6, 6.07) is 15.3. The summed E-state index contributed by atoms with van der Waals surface area (Å²) in [5.41, 5.74) is 3.29. The van der Waals surface area contributed by atoms with E-state index >= 15 is 0 Å². The largest absolute Gasteiger partial charge is 0.488 e. The summed E-state index contributed by atoms with van der Waals surface area (Å²) in [5, 5.41) is 3.95. The van der Waals surface area contributed by atoms with Crippen LogP contribution in [0.4, 0.5) is 0 Å². The molecule has 6 nitrogen and oxygen atoms in total. The van der Waals surface area contributed by atoms with Gasteiger partial charge in [0, 0.05) is 11.0 Å². The minimum absolute atomic E-state index is 0.0604. The zero-order valence-electron chi connectivity index (χ0n) is 16.9. The molecule has 0 saturated carbocycles. The van der Waals surface area contributed by atoms with Gasteiger partial charge in [0.25, 0.3) is 5.91 Å². The first-order valence-electron chi connectivity index (χ1n) is 9.83. The van der Waals surface area contributed by atoms with E-state index in [1.54, 1.807) is 6.07 Å². The smallest absolute Gasteiger partial charge is 0.257 e. The number of morpholine rings is 1. The SMILES string of the molecule is Cc1noc(C)c1COc1ccccc1C(=O)N1CCOC(c2ccc(Br)cc2)C1. The van der Waals surface area contributed by atoms with Crippen LogP contribution in [0.1, 0.15) is 39.0 Å². The third-order valence-corrected chi connectivity index (χ3v) is 5.79. The predicted molar refractivity (Wildman–Crippen MR) is 115 cm³/mol. The molecule has 2 heterocycles. The van der Waals surface area contributed by atoms with Crippen molar-refractivity contribution < 1.29 is 18.8 Å². The number of rotatable bonds is 5. The summed E-state index contributed by atoms with van der Waals surface area (Å²) in [6.45, 7) is 5.57. The Morgan fingerprint density at radius 3 is 2.70 bits per heavy atom. The second kappa shape index (κ2) is 9.02. The van der Waals surface area contributed by atoms with E-state index in [9.17, 15) is 4.79 Å². The van der Waals surface area contributed by atoms with E-state index in [4.69, 9.17) is 14.0 Å². The van der Waals surface area contributed by atoms with E-state index in [1.165, 1.54) is 0 Å². The first-order valence-corrected chi connectivity index (χ1v) is 10.6. The molecule has 1 amide bonds. The zero-order chi connectivity index (χ0) is 21.1. The van der Waals surface area contributed by atoms with Gasteiger partial charge in [-0.2, -0.15) is 0 Å². The van der Waals surface area contributed by atoms with Gasteiger partial charge in [-0.1, -0.05) is 45.4 Å². The van der Waals surface area contributed by atoms with Crippen molar-refractivity contribution in [1.82, 2.24) is 10.1 Å². The number of aryl methyl sites for hydroxylation is 2. The summed E-state index contributed by atoms with van der Waals surface area (Å²) in [4.78, 5) is 15.1. The molecule has 1 unspecified atom stereocenters. The van der Waals surface area contributed by atoms with Crippen LogP contribution in [0.15, 0.2) is 57.5 Å². The third-order valence-electron chi connectivity index (χ3n) is 5.27. The molecular weight excluding hydrogens is 448 g/mol. The molecule has 2 aromatic carbocycles. The van der Waals surface area contributed by atoms with E-state index in [1.807, 2.05) is 61.2 Å².